The van der Waals surface area contributed by atoms with Crippen LogP contribution in [0.3, 0.4) is 0 Å². The van der Waals surface area contributed by atoms with Gasteiger partial charge in [-0.15, -0.1) is 0 Å². The van der Waals surface area contributed by atoms with E-state index in [1.807, 2.05) is 42.7 Å². The third kappa shape index (κ3) is 2.98. The van der Waals surface area contributed by atoms with E-state index >= 15 is 0 Å². The lowest BCUT2D eigenvalue weighted by atomic mass is 10.0. The van der Waals surface area contributed by atoms with Gasteiger partial charge in [0, 0.05) is 29.5 Å². The van der Waals surface area contributed by atoms with Gasteiger partial charge in [0.1, 0.15) is 5.67 Å². The Balaban J connectivity index is 1.68. The highest BCUT2D eigenvalue weighted by molar-refractivity contribution is 6.03. The molecule has 1 fully saturated rings. The molecule has 1 aliphatic rings. The maximum Gasteiger partial charge on any atom is 0.252 e. The standard InChI is InChI=1S/C23H22FN5O/c1-23(24)8-3-6-20(23)28-21-18(22(25)30)12-27-29-13-15(10-19(21)29)16-5-2-4-14-11-26-9-7-17(14)16/h2,4-5,7,9-13,20,28H,3,6,8H2,1H3,(H2,25,30)/t20-,23+/m1/s1. The lowest BCUT2D eigenvalue weighted by Crippen LogP contribution is -2.36. The van der Waals surface area contributed by atoms with Crippen LogP contribution in [0, 0.1) is 0 Å². The van der Waals surface area contributed by atoms with Gasteiger partial charge in [-0.05, 0) is 49.3 Å². The van der Waals surface area contributed by atoms with E-state index in [4.69, 9.17) is 5.73 Å². The molecule has 30 heavy (non-hydrogen) atoms. The van der Waals surface area contributed by atoms with E-state index < -0.39 is 11.6 Å². The highest BCUT2D eigenvalue weighted by atomic mass is 19.1. The van der Waals surface area contributed by atoms with Crippen LogP contribution < -0.4 is 11.1 Å². The number of halogens is 1. The molecule has 7 heteroatoms. The summed E-state index contributed by atoms with van der Waals surface area (Å²) in [5.41, 5.74) is 7.72. The summed E-state index contributed by atoms with van der Waals surface area (Å²) in [7, 11) is 0. The van der Waals surface area contributed by atoms with Crippen molar-refractivity contribution in [2.24, 2.45) is 5.73 Å². The summed E-state index contributed by atoms with van der Waals surface area (Å²) in [6.45, 7) is 1.60. The number of anilines is 1. The number of fused-ring (bicyclic) bond motifs is 2. The molecular formula is C23H22FN5O. The Morgan fingerprint density at radius 3 is 2.97 bits per heavy atom. The molecule has 0 unspecified atom stereocenters. The van der Waals surface area contributed by atoms with E-state index in [0.29, 0.717) is 24.0 Å². The van der Waals surface area contributed by atoms with E-state index in [2.05, 4.69) is 15.4 Å². The predicted molar refractivity (Wildman–Crippen MR) is 115 cm³/mol. The van der Waals surface area contributed by atoms with E-state index in [1.54, 1.807) is 17.6 Å². The molecule has 0 bridgehead atoms. The topological polar surface area (TPSA) is 85.3 Å². The van der Waals surface area contributed by atoms with Crippen LogP contribution in [0.2, 0.25) is 0 Å². The first-order chi connectivity index (χ1) is 14.4. The molecule has 0 radical (unpaired) electrons. The van der Waals surface area contributed by atoms with Crippen molar-refractivity contribution >= 4 is 27.9 Å². The van der Waals surface area contributed by atoms with Crippen LogP contribution in [0.15, 0.2) is 55.1 Å². The summed E-state index contributed by atoms with van der Waals surface area (Å²) in [6.07, 6.45) is 8.93. The number of carbonyl (C=O) groups excluding carboxylic acids is 1. The van der Waals surface area contributed by atoms with Gasteiger partial charge in [0.05, 0.1) is 29.0 Å². The second-order valence-corrected chi connectivity index (χ2v) is 8.13. The number of rotatable bonds is 4. The van der Waals surface area contributed by atoms with Crippen molar-refractivity contribution in [3.63, 3.8) is 0 Å². The van der Waals surface area contributed by atoms with Crippen molar-refractivity contribution in [1.29, 1.82) is 0 Å². The van der Waals surface area contributed by atoms with E-state index in [0.717, 1.165) is 28.3 Å². The number of hydrogen-bond acceptors (Lipinski definition) is 4. The molecule has 152 valence electrons. The molecule has 3 heterocycles. The average Bonchev–Trinajstić information content (AvgIpc) is 3.30. The van der Waals surface area contributed by atoms with Crippen LogP contribution in [0.1, 0.15) is 36.5 Å². The first-order valence-electron chi connectivity index (χ1n) is 10.0. The molecule has 1 aliphatic carbocycles. The van der Waals surface area contributed by atoms with Crippen LogP contribution in [0.25, 0.3) is 27.4 Å². The number of primary amides is 1. The fourth-order valence-corrected chi connectivity index (χ4v) is 4.44. The largest absolute Gasteiger partial charge is 0.377 e. The number of aromatic nitrogens is 3. The first-order valence-corrected chi connectivity index (χ1v) is 10.0. The summed E-state index contributed by atoms with van der Waals surface area (Å²) in [5.74, 6) is -0.593. The summed E-state index contributed by atoms with van der Waals surface area (Å²) in [4.78, 5) is 16.3. The maximum absolute atomic E-state index is 14.9. The van der Waals surface area contributed by atoms with Gasteiger partial charge in [0.2, 0.25) is 0 Å². The normalized spacial score (nSPS) is 21.3. The molecule has 4 aromatic rings. The molecular weight excluding hydrogens is 381 g/mol. The van der Waals surface area contributed by atoms with Gasteiger partial charge in [-0.1, -0.05) is 18.2 Å². The van der Waals surface area contributed by atoms with Gasteiger partial charge in [-0.3, -0.25) is 9.78 Å². The number of hydrogen-bond donors (Lipinski definition) is 2. The Morgan fingerprint density at radius 2 is 2.20 bits per heavy atom. The molecule has 1 saturated carbocycles. The van der Waals surface area contributed by atoms with Crippen LogP contribution in [-0.2, 0) is 0 Å². The number of pyridine rings is 1. The number of benzene rings is 1. The van der Waals surface area contributed by atoms with Crippen molar-refractivity contribution in [2.45, 2.75) is 37.9 Å². The maximum atomic E-state index is 14.9. The van der Waals surface area contributed by atoms with Crippen LogP contribution in [-0.4, -0.2) is 32.2 Å². The van der Waals surface area contributed by atoms with Crippen LogP contribution in [0.4, 0.5) is 10.1 Å². The Bertz CT molecular complexity index is 1270. The molecule has 1 aromatic carbocycles. The highest BCUT2D eigenvalue weighted by Crippen LogP contribution is 2.38. The summed E-state index contributed by atoms with van der Waals surface area (Å²) in [6, 6.07) is 9.58. The zero-order chi connectivity index (χ0) is 20.9. The Kier molecular flexibility index (Phi) is 4.20. The minimum Gasteiger partial charge on any atom is -0.377 e. The van der Waals surface area contributed by atoms with Gasteiger partial charge in [-0.2, -0.15) is 5.10 Å². The average molecular weight is 403 g/mol. The smallest absolute Gasteiger partial charge is 0.252 e. The third-order valence-corrected chi connectivity index (χ3v) is 6.10. The second kappa shape index (κ2) is 6.79. The number of alkyl halides is 1. The van der Waals surface area contributed by atoms with Crippen molar-refractivity contribution in [2.75, 3.05) is 5.32 Å². The third-order valence-electron chi connectivity index (χ3n) is 6.10. The highest BCUT2D eigenvalue weighted by Gasteiger charge is 2.39. The first kappa shape index (κ1) is 18.5. The Labute approximate surface area is 172 Å². The number of nitrogens with zero attached hydrogens (tertiary/aromatic N) is 3. The van der Waals surface area contributed by atoms with Gasteiger partial charge >= 0.3 is 0 Å². The summed E-state index contributed by atoms with van der Waals surface area (Å²) < 4.78 is 16.6. The van der Waals surface area contributed by atoms with Crippen molar-refractivity contribution in [1.82, 2.24) is 14.6 Å². The molecule has 1 amide bonds. The SMILES string of the molecule is C[C@]1(F)CCC[C@H]1Nc1c(C(N)=O)cnn2cc(-c3cccc4cnccc34)cc12. The quantitative estimate of drug-likeness (QED) is 0.531. The van der Waals surface area contributed by atoms with Gasteiger partial charge in [0.25, 0.3) is 5.91 Å². The number of nitrogens with one attached hydrogen (secondary N) is 1. The van der Waals surface area contributed by atoms with Gasteiger partial charge < -0.3 is 11.1 Å². The van der Waals surface area contributed by atoms with Crippen LogP contribution in [0.5, 0.6) is 0 Å². The monoisotopic (exact) mass is 403 g/mol. The molecule has 3 N–H and O–H groups in total. The summed E-state index contributed by atoms with van der Waals surface area (Å²) >= 11 is 0. The van der Waals surface area contributed by atoms with Gasteiger partial charge in [0.15, 0.2) is 0 Å². The Hall–Kier alpha value is -3.48. The number of nitrogens with two attached hydrogens (primary N) is 1. The molecule has 0 aliphatic heterocycles. The van der Waals surface area contributed by atoms with Crippen molar-refractivity contribution in [3.8, 4) is 11.1 Å². The molecule has 0 spiro atoms. The minimum atomic E-state index is -1.34. The lowest BCUT2D eigenvalue weighted by Gasteiger charge is -2.26. The van der Waals surface area contributed by atoms with Crippen molar-refractivity contribution in [3.05, 3.63) is 60.7 Å². The van der Waals surface area contributed by atoms with E-state index in [-0.39, 0.29) is 11.6 Å². The van der Waals surface area contributed by atoms with Gasteiger partial charge in [-0.25, -0.2) is 8.91 Å². The van der Waals surface area contributed by atoms with Crippen molar-refractivity contribution < 1.29 is 9.18 Å². The zero-order valence-electron chi connectivity index (χ0n) is 16.6. The lowest BCUT2D eigenvalue weighted by molar-refractivity contribution is 0.1000. The second-order valence-electron chi connectivity index (χ2n) is 8.13. The molecule has 5 rings (SSSR count). The fraction of sp³-hybridized carbons (Fsp3) is 0.261. The zero-order valence-corrected chi connectivity index (χ0v) is 16.6. The molecule has 3 aromatic heterocycles. The molecule has 6 nitrogen and oxygen atoms in total. The minimum absolute atomic E-state index is 0.261. The van der Waals surface area contributed by atoms with E-state index in [1.165, 1.54) is 6.20 Å². The van der Waals surface area contributed by atoms with Crippen LogP contribution >= 0.6 is 0 Å². The predicted octanol–water partition coefficient (Wildman–Crippen LogP) is 4.34. The fourth-order valence-electron chi connectivity index (χ4n) is 4.44. The Morgan fingerprint density at radius 1 is 1.33 bits per heavy atom. The molecule has 0 saturated heterocycles. The number of carbonyl (C=O) groups is 1. The van der Waals surface area contributed by atoms with E-state index in [9.17, 15) is 9.18 Å². The molecule has 2 atom stereocenters. The summed E-state index contributed by atoms with van der Waals surface area (Å²) in [5, 5.41) is 9.75. The number of amides is 1.